The van der Waals surface area contributed by atoms with Crippen LogP contribution in [-0.2, 0) is 0 Å². The molecule has 0 aromatic carbocycles. The smallest absolute Gasteiger partial charge is 0.139 e. The van der Waals surface area contributed by atoms with E-state index in [1.807, 2.05) is 13.1 Å². The van der Waals surface area contributed by atoms with Gasteiger partial charge >= 0.3 is 0 Å². The van der Waals surface area contributed by atoms with E-state index in [9.17, 15) is 0 Å². The van der Waals surface area contributed by atoms with E-state index in [0.717, 1.165) is 16.8 Å². The SMILES string of the molecule is CNCC(Oc1cncc(Br)c1)C(C)C. The summed E-state index contributed by atoms with van der Waals surface area (Å²) in [6.45, 7) is 5.13. The van der Waals surface area contributed by atoms with Crippen molar-refractivity contribution in [2.45, 2.75) is 20.0 Å². The lowest BCUT2D eigenvalue weighted by atomic mass is 10.1. The highest BCUT2D eigenvalue weighted by Gasteiger charge is 2.14. The fourth-order valence-corrected chi connectivity index (χ4v) is 1.59. The monoisotopic (exact) mass is 272 g/mol. The van der Waals surface area contributed by atoms with Crippen molar-refractivity contribution in [3.8, 4) is 5.75 Å². The van der Waals surface area contributed by atoms with Crippen molar-refractivity contribution in [2.24, 2.45) is 5.92 Å². The molecule has 0 aliphatic rings. The van der Waals surface area contributed by atoms with Crippen LogP contribution in [0, 0.1) is 5.92 Å². The molecule has 0 amide bonds. The Morgan fingerprint density at radius 2 is 2.20 bits per heavy atom. The molecule has 1 unspecified atom stereocenters. The Balaban J connectivity index is 2.65. The Morgan fingerprint density at radius 1 is 1.47 bits per heavy atom. The number of pyridine rings is 1. The highest BCUT2D eigenvalue weighted by atomic mass is 79.9. The summed E-state index contributed by atoms with van der Waals surface area (Å²) >= 11 is 3.37. The van der Waals surface area contributed by atoms with Gasteiger partial charge in [0.2, 0.25) is 0 Å². The average Bonchev–Trinajstić information content (AvgIpc) is 2.17. The largest absolute Gasteiger partial charge is 0.487 e. The van der Waals surface area contributed by atoms with Gasteiger partial charge in [-0.15, -0.1) is 0 Å². The number of halogens is 1. The van der Waals surface area contributed by atoms with Crippen molar-refractivity contribution in [3.63, 3.8) is 0 Å². The predicted molar refractivity (Wildman–Crippen MR) is 65.1 cm³/mol. The van der Waals surface area contributed by atoms with Crippen LogP contribution in [0.15, 0.2) is 22.9 Å². The molecule has 0 saturated heterocycles. The Labute approximate surface area is 99.4 Å². The van der Waals surface area contributed by atoms with Gasteiger partial charge in [-0.3, -0.25) is 4.98 Å². The van der Waals surface area contributed by atoms with Gasteiger partial charge in [0.05, 0.1) is 6.20 Å². The maximum Gasteiger partial charge on any atom is 0.139 e. The number of hydrogen-bond acceptors (Lipinski definition) is 3. The van der Waals surface area contributed by atoms with Gasteiger partial charge in [-0.1, -0.05) is 13.8 Å². The summed E-state index contributed by atoms with van der Waals surface area (Å²) in [7, 11) is 1.93. The molecule has 0 aliphatic carbocycles. The van der Waals surface area contributed by atoms with Gasteiger partial charge in [0, 0.05) is 17.2 Å². The first-order valence-electron chi connectivity index (χ1n) is 5.05. The Morgan fingerprint density at radius 3 is 2.73 bits per heavy atom. The third kappa shape index (κ3) is 4.18. The second-order valence-electron chi connectivity index (χ2n) is 3.80. The zero-order valence-electron chi connectivity index (χ0n) is 9.33. The van der Waals surface area contributed by atoms with Gasteiger partial charge in [0.1, 0.15) is 11.9 Å². The summed E-state index contributed by atoms with van der Waals surface area (Å²) in [6.07, 6.45) is 3.65. The average molecular weight is 273 g/mol. The second kappa shape index (κ2) is 6.08. The Bertz CT molecular complexity index is 304. The summed E-state index contributed by atoms with van der Waals surface area (Å²) in [5, 5.41) is 3.13. The molecule has 1 aromatic rings. The lowest BCUT2D eigenvalue weighted by Crippen LogP contribution is -2.33. The molecule has 0 spiro atoms. The fraction of sp³-hybridized carbons (Fsp3) is 0.545. The van der Waals surface area contributed by atoms with Crippen molar-refractivity contribution in [3.05, 3.63) is 22.9 Å². The van der Waals surface area contributed by atoms with Crippen LogP contribution in [0.25, 0.3) is 0 Å². The topological polar surface area (TPSA) is 34.1 Å². The Kier molecular flexibility index (Phi) is 5.05. The number of aromatic nitrogens is 1. The van der Waals surface area contributed by atoms with E-state index in [4.69, 9.17) is 4.74 Å². The predicted octanol–water partition coefficient (Wildman–Crippen LogP) is 2.47. The molecule has 1 rings (SSSR count). The van der Waals surface area contributed by atoms with Crippen molar-refractivity contribution < 1.29 is 4.74 Å². The molecular weight excluding hydrogens is 256 g/mol. The second-order valence-corrected chi connectivity index (χ2v) is 4.71. The maximum absolute atomic E-state index is 5.84. The fourth-order valence-electron chi connectivity index (χ4n) is 1.25. The molecule has 15 heavy (non-hydrogen) atoms. The van der Waals surface area contributed by atoms with Crippen LogP contribution in [0.4, 0.5) is 0 Å². The summed E-state index contributed by atoms with van der Waals surface area (Å²) in [4.78, 5) is 4.06. The maximum atomic E-state index is 5.84. The normalized spacial score (nSPS) is 12.9. The molecule has 84 valence electrons. The molecule has 3 nitrogen and oxygen atoms in total. The molecule has 0 saturated carbocycles. The van der Waals surface area contributed by atoms with Gasteiger partial charge in [0.25, 0.3) is 0 Å². The van der Waals surface area contributed by atoms with E-state index in [0.29, 0.717) is 5.92 Å². The summed E-state index contributed by atoms with van der Waals surface area (Å²) < 4.78 is 6.78. The van der Waals surface area contributed by atoms with Crippen LogP contribution in [0.3, 0.4) is 0 Å². The van der Waals surface area contributed by atoms with Crippen molar-refractivity contribution in [1.82, 2.24) is 10.3 Å². The van der Waals surface area contributed by atoms with Crippen molar-refractivity contribution in [2.75, 3.05) is 13.6 Å². The van der Waals surface area contributed by atoms with Gasteiger partial charge in [0.15, 0.2) is 0 Å². The van der Waals surface area contributed by atoms with E-state index in [-0.39, 0.29) is 6.10 Å². The standard InChI is InChI=1S/C11H17BrN2O/c1-8(2)11(7-13-3)15-10-4-9(12)5-14-6-10/h4-6,8,11,13H,7H2,1-3H3. The molecule has 1 N–H and O–H groups in total. The number of hydrogen-bond donors (Lipinski definition) is 1. The van der Waals surface area contributed by atoms with E-state index in [2.05, 4.69) is 40.1 Å². The highest BCUT2D eigenvalue weighted by molar-refractivity contribution is 9.10. The van der Waals surface area contributed by atoms with E-state index in [1.165, 1.54) is 0 Å². The van der Waals surface area contributed by atoms with Crippen molar-refractivity contribution >= 4 is 15.9 Å². The number of nitrogens with one attached hydrogen (secondary N) is 1. The summed E-state index contributed by atoms with van der Waals surface area (Å²) in [5.74, 6) is 1.27. The van der Waals surface area contributed by atoms with Gasteiger partial charge in [-0.25, -0.2) is 0 Å². The zero-order valence-corrected chi connectivity index (χ0v) is 10.9. The van der Waals surface area contributed by atoms with Gasteiger partial charge < -0.3 is 10.1 Å². The summed E-state index contributed by atoms with van der Waals surface area (Å²) in [5.41, 5.74) is 0. The minimum atomic E-state index is 0.172. The van der Waals surface area contributed by atoms with Gasteiger partial charge in [-0.05, 0) is 35.0 Å². The summed E-state index contributed by atoms with van der Waals surface area (Å²) in [6, 6.07) is 1.93. The molecule has 0 aliphatic heterocycles. The van der Waals surface area contributed by atoms with Crippen LogP contribution in [0.5, 0.6) is 5.75 Å². The molecule has 1 atom stereocenters. The third-order valence-electron chi connectivity index (χ3n) is 2.12. The number of likely N-dealkylation sites (N-methyl/N-ethyl adjacent to an activating group) is 1. The van der Waals surface area contributed by atoms with Crippen LogP contribution in [0.2, 0.25) is 0 Å². The third-order valence-corrected chi connectivity index (χ3v) is 2.55. The molecule has 1 aromatic heterocycles. The minimum absolute atomic E-state index is 0.172. The lowest BCUT2D eigenvalue weighted by molar-refractivity contribution is 0.151. The van der Waals surface area contributed by atoms with E-state index < -0.39 is 0 Å². The molecule has 0 radical (unpaired) electrons. The molecule has 4 heteroatoms. The first kappa shape index (κ1) is 12.5. The number of rotatable bonds is 5. The first-order chi connectivity index (χ1) is 7.13. The molecular formula is C11H17BrN2O. The van der Waals surface area contributed by atoms with Crippen LogP contribution < -0.4 is 10.1 Å². The molecule has 0 fully saturated rings. The van der Waals surface area contributed by atoms with Gasteiger partial charge in [-0.2, -0.15) is 0 Å². The van der Waals surface area contributed by atoms with Crippen LogP contribution in [0.1, 0.15) is 13.8 Å². The number of nitrogens with zero attached hydrogens (tertiary/aromatic N) is 1. The van der Waals surface area contributed by atoms with E-state index in [1.54, 1.807) is 12.4 Å². The van der Waals surface area contributed by atoms with E-state index >= 15 is 0 Å². The van der Waals surface area contributed by atoms with Crippen molar-refractivity contribution in [1.29, 1.82) is 0 Å². The Hall–Kier alpha value is -0.610. The lowest BCUT2D eigenvalue weighted by Gasteiger charge is -2.22. The highest BCUT2D eigenvalue weighted by Crippen LogP contribution is 2.18. The molecule has 0 bridgehead atoms. The quantitative estimate of drug-likeness (QED) is 0.894. The number of ether oxygens (including phenoxy) is 1. The van der Waals surface area contributed by atoms with Crippen LogP contribution >= 0.6 is 15.9 Å². The zero-order chi connectivity index (χ0) is 11.3. The van der Waals surface area contributed by atoms with Crippen LogP contribution in [-0.4, -0.2) is 24.7 Å². The molecule has 1 heterocycles. The first-order valence-corrected chi connectivity index (χ1v) is 5.84. The minimum Gasteiger partial charge on any atom is -0.487 e.